The van der Waals surface area contributed by atoms with Crippen LogP contribution in [0.3, 0.4) is 0 Å². The quantitative estimate of drug-likeness (QED) is 0.666. The molecule has 0 aliphatic rings. The first-order chi connectivity index (χ1) is 4.83. The van der Waals surface area contributed by atoms with Gasteiger partial charge in [0, 0.05) is 18.5 Å². The Bertz CT molecular complexity index is 193. The number of rotatable bonds is 3. The van der Waals surface area contributed by atoms with Gasteiger partial charge >= 0.3 is 0 Å². The first-order valence-corrected chi connectivity index (χ1v) is 3.18. The molecule has 0 amide bonds. The molecule has 3 nitrogen and oxygen atoms in total. The van der Waals surface area contributed by atoms with E-state index < -0.39 is 0 Å². The molecule has 0 aliphatic carbocycles. The van der Waals surface area contributed by atoms with Crippen molar-refractivity contribution >= 4 is 6.29 Å². The molecule has 1 atom stereocenters. The van der Waals surface area contributed by atoms with E-state index in [0.29, 0.717) is 6.42 Å². The molecule has 1 heterocycles. The maximum absolute atomic E-state index is 10.1. The zero-order valence-corrected chi connectivity index (χ0v) is 5.79. The first kappa shape index (κ1) is 6.99. The molecule has 10 heavy (non-hydrogen) atoms. The largest absolute Gasteiger partial charge is 0.351 e. The summed E-state index contributed by atoms with van der Waals surface area (Å²) in [7, 11) is 0. The molecule has 0 saturated carbocycles. The molecule has 1 radical (unpaired) electrons. The maximum atomic E-state index is 10.1. The van der Waals surface area contributed by atoms with Gasteiger partial charge in [0.15, 0.2) is 0 Å². The van der Waals surface area contributed by atoms with Crippen LogP contribution in [0.25, 0.3) is 0 Å². The molecule has 1 N–H and O–H groups in total. The van der Waals surface area contributed by atoms with E-state index in [1.54, 1.807) is 12.5 Å². The maximum Gasteiger partial charge on any atom is 0.201 e. The lowest BCUT2D eigenvalue weighted by Gasteiger charge is -1.95. The number of hydrogen-bond donors (Lipinski definition) is 1. The van der Waals surface area contributed by atoms with E-state index in [9.17, 15) is 4.79 Å². The molecule has 1 rings (SSSR count). The Morgan fingerprint density at radius 3 is 3.20 bits per heavy atom. The summed E-state index contributed by atoms with van der Waals surface area (Å²) in [6, 6.07) is 0. The minimum atomic E-state index is -0.0525. The van der Waals surface area contributed by atoms with Gasteiger partial charge in [-0.05, 0) is 0 Å². The average Bonchev–Trinajstić information content (AvgIpc) is 2.40. The number of carbonyl (C=O) groups excluding carboxylic acids is 1. The highest BCUT2D eigenvalue weighted by Crippen LogP contribution is 2.00. The minimum absolute atomic E-state index is 0.0525. The third-order valence-corrected chi connectivity index (χ3v) is 1.27. The van der Waals surface area contributed by atoms with E-state index >= 15 is 0 Å². The van der Waals surface area contributed by atoms with Crippen molar-refractivity contribution in [2.45, 2.75) is 13.3 Å². The summed E-state index contributed by atoms with van der Waals surface area (Å²) in [5.74, 6) is -0.0525. The molecule has 3 heteroatoms. The third-order valence-electron chi connectivity index (χ3n) is 1.27. The Balaban J connectivity index is 2.47. The van der Waals surface area contributed by atoms with Crippen molar-refractivity contribution in [1.82, 2.24) is 9.97 Å². The van der Waals surface area contributed by atoms with E-state index in [1.807, 2.05) is 13.2 Å². The zero-order chi connectivity index (χ0) is 7.40. The Kier molecular flexibility index (Phi) is 2.20. The second-order valence-electron chi connectivity index (χ2n) is 2.28. The monoisotopic (exact) mass is 137 g/mol. The second-order valence-corrected chi connectivity index (χ2v) is 2.28. The standard InChI is InChI=1S/C7H9N2O/c1-6(4-10)2-7-3-8-5-9-7/h3,5-6H,2H2,1H3,(H,8,9). The number of imidazole rings is 1. The Hall–Kier alpha value is -1.12. The molecule has 0 aromatic carbocycles. The molecule has 0 fully saturated rings. The molecule has 0 aliphatic heterocycles. The summed E-state index contributed by atoms with van der Waals surface area (Å²) in [5, 5.41) is 0. The molecular weight excluding hydrogens is 128 g/mol. The highest BCUT2D eigenvalue weighted by molar-refractivity contribution is 5.54. The smallest absolute Gasteiger partial charge is 0.201 e. The van der Waals surface area contributed by atoms with Gasteiger partial charge in [-0.3, -0.25) is 4.79 Å². The first-order valence-electron chi connectivity index (χ1n) is 3.18. The highest BCUT2D eigenvalue weighted by Gasteiger charge is 2.02. The van der Waals surface area contributed by atoms with Gasteiger partial charge in [0.05, 0.1) is 12.0 Å². The van der Waals surface area contributed by atoms with Gasteiger partial charge in [-0.15, -0.1) is 0 Å². The van der Waals surface area contributed by atoms with Crippen molar-refractivity contribution in [2.24, 2.45) is 5.92 Å². The second kappa shape index (κ2) is 3.15. The van der Waals surface area contributed by atoms with Crippen molar-refractivity contribution in [3.8, 4) is 0 Å². The van der Waals surface area contributed by atoms with E-state index in [2.05, 4.69) is 9.97 Å². The van der Waals surface area contributed by atoms with Gasteiger partial charge < -0.3 is 4.98 Å². The Morgan fingerprint density at radius 1 is 1.90 bits per heavy atom. The molecule has 1 aromatic rings. The fraction of sp³-hybridized carbons (Fsp3) is 0.429. The zero-order valence-electron chi connectivity index (χ0n) is 5.79. The lowest BCUT2D eigenvalue weighted by molar-refractivity contribution is 0.527. The van der Waals surface area contributed by atoms with Crippen LogP contribution in [0.1, 0.15) is 12.6 Å². The van der Waals surface area contributed by atoms with Crippen molar-refractivity contribution in [2.75, 3.05) is 0 Å². The molecular formula is C7H9N2O. The molecule has 1 aromatic heterocycles. The SMILES string of the molecule is CC([C]=O)Cc1c[nH]cn1. The Morgan fingerprint density at radius 2 is 2.70 bits per heavy atom. The van der Waals surface area contributed by atoms with Crippen LogP contribution >= 0.6 is 0 Å². The predicted molar refractivity (Wildman–Crippen MR) is 37.1 cm³/mol. The van der Waals surface area contributed by atoms with Gasteiger partial charge in [-0.25, -0.2) is 4.98 Å². The van der Waals surface area contributed by atoms with Gasteiger partial charge in [-0.2, -0.15) is 0 Å². The van der Waals surface area contributed by atoms with Gasteiger partial charge in [0.25, 0.3) is 0 Å². The molecule has 0 saturated heterocycles. The topological polar surface area (TPSA) is 45.8 Å². The summed E-state index contributed by atoms with van der Waals surface area (Å²) < 4.78 is 0. The van der Waals surface area contributed by atoms with Crippen molar-refractivity contribution < 1.29 is 4.79 Å². The lowest BCUT2D eigenvalue weighted by Crippen LogP contribution is -2.00. The summed E-state index contributed by atoms with van der Waals surface area (Å²) >= 11 is 0. The number of nitrogens with one attached hydrogen (secondary N) is 1. The molecule has 1 unspecified atom stereocenters. The predicted octanol–water partition coefficient (Wildman–Crippen LogP) is 0.698. The van der Waals surface area contributed by atoms with Crippen LogP contribution in [-0.2, 0) is 11.2 Å². The van der Waals surface area contributed by atoms with Gasteiger partial charge in [0.1, 0.15) is 0 Å². The van der Waals surface area contributed by atoms with Crippen molar-refractivity contribution in [1.29, 1.82) is 0 Å². The number of hydrogen-bond acceptors (Lipinski definition) is 2. The Labute approximate surface area is 59.5 Å². The lowest BCUT2D eigenvalue weighted by atomic mass is 10.1. The van der Waals surface area contributed by atoms with Crippen LogP contribution in [0.4, 0.5) is 0 Å². The van der Waals surface area contributed by atoms with Crippen LogP contribution in [0.2, 0.25) is 0 Å². The summed E-state index contributed by atoms with van der Waals surface area (Å²) in [6.07, 6.45) is 5.96. The highest BCUT2D eigenvalue weighted by atomic mass is 16.1. The van der Waals surface area contributed by atoms with Gasteiger partial charge in [0.2, 0.25) is 6.29 Å². The van der Waals surface area contributed by atoms with E-state index in [0.717, 1.165) is 5.69 Å². The molecule has 0 spiro atoms. The number of aromatic nitrogens is 2. The van der Waals surface area contributed by atoms with Crippen LogP contribution in [-0.4, -0.2) is 16.3 Å². The summed E-state index contributed by atoms with van der Waals surface area (Å²) in [6.45, 7) is 1.82. The van der Waals surface area contributed by atoms with E-state index in [1.165, 1.54) is 0 Å². The fourth-order valence-corrected chi connectivity index (χ4v) is 0.758. The summed E-state index contributed by atoms with van der Waals surface area (Å²) in [5.41, 5.74) is 0.913. The number of nitrogens with zero attached hydrogens (tertiary/aromatic N) is 1. The van der Waals surface area contributed by atoms with Crippen LogP contribution in [0, 0.1) is 5.92 Å². The van der Waals surface area contributed by atoms with E-state index in [4.69, 9.17) is 0 Å². The van der Waals surface area contributed by atoms with Gasteiger partial charge in [-0.1, -0.05) is 6.92 Å². The van der Waals surface area contributed by atoms with Crippen LogP contribution in [0.5, 0.6) is 0 Å². The van der Waals surface area contributed by atoms with Crippen molar-refractivity contribution in [3.05, 3.63) is 18.2 Å². The number of aromatic amines is 1. The number of H-pyrrole nitrogens is 1. The fourth-order valence-electron chi connectivity index (χ4n) is 0.758. The normalized spacial score (nSPS) is 12.9. The van der Waals surface area contributed by atoms with Crippen LogP contribution in [0.15, 0.2) is 12.5 Å². The minimum Gasteiger partial charge on any atom is -0.351 e. The molecule has 0 bridgehead atoms. The average molecular weight is 137 g/mol. The van der Waals surface area contributed by atoms with Crippen molar-refractivity contribution in [3.63, 3.8) is 0 Å². The van der Waals surface area contributed by atoms with Crippen LogP contribution < -0.4 is 0 Å². The van der Waals surface area contributed by atoms with E-state index in [-0.39, 0.29) is 5.92 Å². The molecule has 53 valence electrons. The summed E-state index contributed by atoms with van der Waals surface area (Å²) in [4.78, 5) is 16.9. The third kappa shape index (κ3) is 1.69.